The largest absolute Gasteiger partial charge is 0.466 e. The van der Waals surface area contributed by atoms with Gasteiger partial charge in [-0.25, -0.2) is 4.79 Å². The number of ether oxygens (including phenoxy) is 2. The van der Waals surface area contributed by atoms with Gasteiger partial charge in [-0.2, -0.15) is 0 Å². The number of methoxy groups -OCH3 is 1. The fourth-order valence-corrected chi connectivity index (χ4v) is 1.38. The zero-order chi connectivity index (χ0) is 9.52. The van der Waals surface area contributed by atoms with Crippen LogP contribution in [-0.2, 0) is 14.3 Å². The Morgan fingerprint density at radius 1 is 1.62 bits per heavy atom. The van der Waals surface area contributed by atoms with Crippen LogP contribution in [0.3, 0.4) is 0 Å². The maximum atomic E-state index is 10.7. The van der Waals surface area contributed by atoms with Crippen LogP contribution < -0.4 is 0 Å². The third kappa shape index (κ3) is 4.08. The third-order valence-electron chi connectivity index (χ3n) is 2.13. The van der Waals surface area contributed by atoms with E-state index < -0.39 is 0 Å². The van der Waals surface area contributed by atoms with Gasteiger partial charge in [0.1, 0.15) is 0 Å². The minimum absolute atomic E-state index is 0.296. The van der Waals surface area contributed by atoms with E-state index in [1.165, 1.54) is 19.6 Å². The lowest BCUT2D eigenvalue weighted by molar-refractivity contribution is -0.134. The SMILES string of the molecule is COC(=O)/C=C\CC1CCCCO1. The molecule has 0 saturated carbocycles. The minimum atomic E-state index is -0.296. The second-order valence-corrected chi connectivity index (χ2v) is 3.15. The summed E-state index contributed by atoms with van der Waals surface area (Å²) in [5.41, 5.74) is 0. The van der Waals surface area contributed by atoms with Gasteiger partial charge in [0.05, 0.1) is 13.2 Å². The van der Waals surface area contributed by atoms with Crippen molar-refractivity contribution < 1.29 is 14.3 Å². The van der Waals surface area contributed by atoms with E-state index in [1.807, 2.05) is 6.08 Å². The molecule has 0 bridgehead atoms. The molecule has 3 nitrogen and oxygen atoms in total. The van der Waals surface area contributed by atoms with E-state index in [2.05, 4.69) is 4.74 Å². The first-order valence-corrected chi connectivity index (χ1v) is 4.69. The summed E-state index contributed by atoms with van der Waals surface area (Å²) in [6.45, 7) is 0.858. The molecular formula is C10H16O3. The van der Waals surface area contributed by atoms with E-state index >= 15 is 0 Å². The van der Waals surface area contributed by atoms with Crippen LogP contribution >= 0.6 is 0 Å². The number of carbonyl (C=O) groups excluding carboxylic acids is 1. The zero-order valence-electron chi connectivity index (χ0n) is 7.99. The molecule has 1 rings (SSSR count). The van der Waals surface area contributed by atoms with Crippen molar-refractivity contribution in [2.24, 2.45) is 0 Å². The molecule has 0 aromatic rings. The van der Waals surface area contributed by atoms with Crippen LogP contribution in [0, 0.1) is 0 Å². The van der Waals surface area contributed by atoms with Gasteiger partial charge in [-0.05, 0) is 25.7 Å². The molecule has 1 aliphatic rings. The first-order valence-electron chi connectivity index (χ1n) is 4.69. The Balaban J connectivity index is 2.16. The van der Waals surface area contributed by atoms with E-state index in [-0.39, 0.29) is 5.97 Å². The molecule has 0 spiro atoms. The molecule has 0 amide bonds. The molecule has 1 fully saturated rings. The van der Waals surface area contributed by atoms with Crippen LogP contribution in [0.1, 0.15) is 25.7 Å². The molecule has 0 radical (unpaired) electrons. The Morgan fingerprint density at radius 3 is 3.08 bits per heavy atom. The summed E-state index contributed by atoms with van der Waals surface area (Å²) < 4.78 is 9.96. The van der Waals surface area contributed by atoms with Crippen molar-refractivity contribution in [3.8, 4) is 0 Å². The molecule has 1 unspecified atom stereocenters. The molecule has 0 N–H and O–H groups in total. The average Bonchev–Trinajstić information content (AvgIpc) is 2.19. The number of rotatable bonds is 3. The summed E-state index contributed by atoms with van der Waals surface area (Å²) >= 11 is 0. The molecule has 0 aliphatic carbocycles. The molecule has 74 valence electrons. The molecule has 1 heterocycles. The van der Waals surface area contributed by atoms with Gasteiger partial charge < -0.3 is 9.47 Å². The van der Waals surface area contributed by atoms with Crippen LogP contribution in [0.2, 0.25) is 0 Å². The second kappa shape index (κ2) is 5.75. The van der Waals surface area contributed by atoms with Gasteiger partial charge in [0.15, 0.2) is 0 Å². The van der Waals surface area contributed by atoms with Crippen molar-refractivity contribution in [3.05, 3.63) is 12.2 Å². The van der Waals surface area contributed by atoms with Crippen molar-refractivity contribution in [3.63, 3.8) is 0 Å². The molecule has 3 heteroatoms. The predicted octanol–water partition coefficient (Wildman–Crippen LogP) is 1.67. The molecule has 1 saturated heterocycles. The Morgan fingerprint density at radius 2 is 2.46 bits per heavy atom. The van der Waals surface area contributed by atoms with Crippen molar-refractivity contribution >= 4 is 5.97 Å². The Labute approximate surface area is 78.7 Å². The quantitative estimate of drug-likeness (QED) is 0.494. The van der Waals surface area contributed by atoms with E-state index in [4.69, 9.17) is 4.74 Å². The van der Waals surface area contributed by atoms with Crippen LogP contribution in [0.15, 0.2) is 12.2 Å². The fraction of sp³-hybridized carbons (Fsp3) is 0.700. The molecule has 0 aromatic carbocycles. The maximum absolute atomic E-state index is 10.7. The summed E-state index contributed by atoms with van der Waals surface area (Å²) in [5.74, 6) is -0.296. The highest BCUT2D eigenvalue weighted by Crippen LogP contribution is 2.15. The van der Waals surface area contributed by atoms with Crippen LogP contribution in [0.4, 0.5) is 0 Å². The van der Waals surface area contributed by atoms with Gasteiger partial charge in [0, 0.05) is 12.7 Å². The monoisotopic (exact) mass is 184 g/mol. The van der Waals surface area contributed by atoms with Crippen LogP contribution in [0.25, 0.3) is 0 Å². The van der Waals surface area contributed by atoms with Gasteiger partial charge in [0.2, 0.25) is 0 Å². The number of hydrogen-bond donors (Lipinski definition) is 0. The van der Waals surface area contributed by atoms with Gasteiger partial charge in [0.25, 0.3) is 0 Å². The number of esters is 1. The van der Waals surface area contributed by atoms with Gasteiger partial charge in [-0.1, -0.05) is 6.08 Å². The Bertz CT molecular complexity index is 181. The smallest absolute Gasteiger partial charge is 0.330 e. The van der Waals surface area contributed by atoms with E-state index in [9.17, 15) is 4.79 Å². The predicted molar refractivity (Wildman–Crippen MR) is 49.4 cm³/mol. The summed E-state index contributed by atoms with van der Waals surface area (Å²) in [6, 6.07) is 0. The second-order valence-electron chi connectivity index (χ2n) is 3.15. The first kappa shape index (κ1) is 10.3. The molecule has 0 aromatic heterocycles. The van der Waals surface area contributed by atoms with Crippen LogP contribution in [0.5, 0.6) is 0 Å². The van der Waals surface area contributed by atoms with Crippen molar-refractivity contribution in [1.82, 2.24) is 0 Å². The maximum Gasteiger partial charge on any atom is 0.330 e. The lowest BCUT2D eigenvalue weighted by Gasteiger charge is -2.20. The Hall–Kier alpha value is -0.830. The summed E-state index contributed by atoms with van der Waals surface area (Å²) in [4.78, 5) is 10.7. The first-order chi connectivity index (χ1) is 6.33. The Kier molecular flexibility index (Phi) is 4.54. The molecule has 1 aliphatic heterocycles. The van der Waals surface area contributed by atoms with Crippen molar-refractivity contribution in [2.75, 3.05) is 13.7 Å². The normalized spacial score (nSPS) is 23.3. The lowest BCUT2D eigenvalue weighted by atomic mass is 10.1. The van der Waals surface area contributed by atoms with Crippen molar-refractivity contribution in [2.45, 2.75) is 31.8 Å². The molecule has 13 heavy (non-hydrogen) atoms. The lowest BCUT2D eigenvalue weighted by Crippen LogP contribution is -2.17. The van der Waals surface area contributed by atoms with Gasteiger partial charge in [-0.15, -0.1) is 0 Å². The molecule has 1 atom stereocenters. The highest BCUT2D eigenvalue weighted by Gasteiger charge is 2.11. The summed E-state index contributed by atoms with van der Waals surface area (Å²) in [6.07, 6.45) is 7.89. The van der Waals surface area contributed by atoms with Gasteiger partial charge >= 0.3 is 5.97 Å². The van der Waals surface area contributed by atoms with Crippen LogP contribution in [-0.4, -0.2) is 25.8 Å². The van der Waals surface area contributed by atoms with E-state index in [0.717, 1.165) is 25.9 Å². The number of hydrogen-bond acceptors (Lipinski definition) is 3. The fourth-order valence-electron chi connectivity index (χ4n) is 1.38. The highest BCUT2D eigenvalue weighted by atomic mass is 16.5. The summed E-state index contributed by atoms with van der Waals surface area (Å²) in [7, 11) is 1.38. The van der Waals surface area contributed by atoms with Crippen molar-refractivity contribution in [1.29, 1.82) is 0 Å². The van der Waals surface area contributed by atoms with Gasteiger partial charge in [-0.3, -0.25) is 0 Å². The van der Waals surface area contributed by atoms with E-state index in [0.29, 0.717) is 6.10 Å². The average molecular weight is 184 g/mol. The topological polar surface area (TPSA) is 35.5 Å². The summed E-state index contributed by atoms with van der Waals surface area (Å²) in [5, 5.41) is 0. The molecular weight excluding hydrogens is 168 g/mol. The highest BCUT2D eigenvalue weighted by molar-refractivity contribution is 5.81. The minimum Gasteiger partial charge on any atom is -0.466 e. The standard InChI is InChI=1S/C10H16O3/c1-12-10(11)7-4-6-9-5-2-3-8-13-9/h4,7,9H,2-3,5-6,8H2,1H3/b7-4-. The number of carbonyl (C=O) groups is 1. The van der Waals surface area contributed by atoms with E-state index in [1.54, 1.807) is 0 Å². The third-order valence-corrected chi connectivity index (χ3v) is 2.13. The zero-order valence-corrected chi connectivity index (χ0v) is 7.99.